The van der Waals surface area contributed by atoms with Gasteiger partial charge in [-0.25, -0.2) is 4.98 Å². The zero-order valence-corrected chi connectivity index (χ0v) is 11.4. The molecule has 3 nitrogen and oxygen atoms in total. The minimum atomic E-state index is 0.463. The Labute approximate surface area is 109 Å². The van der Waals surface area contributed by atoms with Crippen molar-refractivity contribution in [3.63, 3.8) is 0 Å². The van der Waals surface area contributed by atoms with Gasteiger partial charge >= 0.3 is 0 Å². The van der Waals surface area contributed by atoms with Gasteiger partial charge in [0.15, 0.2) is 0 Å². The van der Waals surface area contributed by atoms with Crippen LogP contribution in [0.3, 0.4) is 0 Å². The minimum Gasteiger partial charge on any atom is -0.330 e. The number of hydrogen-bond donors (Lipinski definition) is 1. The number of aromatic nitrogens is 2. The number of imidazole rings is 1. The van der Waals surface area contributed by atoms with Crippen LogP contribution in [0.25, 0.3) is 11.0 Å². The molecule has 0 atom stereocenters. The molecule has 0 bridgehead atoms. The molecule has 2 rings (SSSR count). The molecule has 0 aliphatic heterocycles. The van der Waals surface area contributed by atoms with Gasteiger partial charge in [0.1, 0.15) is 0 Å². The van der Waals surface area contributed by atoms with E-state index in [-0.39, 0.29) is 0 Å². The van der Waals surface area contributed by atoms with Gasteiger partial charge in [-0.2, -0.15) is 0 Å². The number of nitrogens with zero attached hydrogens (tertiary/aromatic N) is 2. The molecule has 0 aliphatic carbocycles. The molecule has 0 aliphatic rings. The van der Waals surface area contributed by atoms with Gasteiger partial charge in [-0.1, -0.05) is 12.5 Å². The molecule has 98 valence electrons. The lowest BCUT2D eigenvalue weighted by Gasteiger charge is -2.08. The summed E-state index contributed by atoms with van der Waals surface area (Å²) in [4.78, 5) is 4.49. The quantitative estimate of drug-likeness (QED) is 0.794. The summed E-state index contributed by atoms with van der Waals surface area (Å²) in [6.45, 7) is 5.17. The summed E-state index contributed by atoms with van der Waals surface area (Å²) in [5.41, 5.74) is 9.23. The Morgan fingerprint density at radius 2 is 2.06 bits per heavy atom. The summed E-state index contributed by atoms with van der Waals surface area (Å²) in [5, 5.41) is 0. The van der Waals surface area contributed by atoms with Crippen molar-refractivity contribution >= 4 is 11.0 Å². The largest absolute Gasteiger partial charge is 0.330 e. The maximum Gasteiger partial charge on any atom is 0.0960 e. The first-order valence-corrected chi connectivity index (χ1v) is 6.88. The van der Waals surface area contributed by atoms with Gasteiger partial charge in [0.2, 0.25) is 0 Å². The Morgan fingerprint density at radius 1 is 1.22 bits per heavy atom. The number of fused-ring (bicyclic) bond motifs is 1. The fraction of sp³-hybridized carbons (Fsp3) is 0.533. The van der Waals surface area contributed by atoms with E-state index in [2.05, 4.69) is 41.6 Å². The number of rotatable bonds is 6. The normalized spacial score (nSPS) is 11.6. The lowest BCUT2D eigenvalue weighted by molar-refractivity contribution is 0.617. The number of unbranched alkanes of at least 4 members (excludes halogenated alkanes) is 2. The van der Waals surface area contributed by atoms with E-state index >= 15 is 0 Å². The van der Waals surface area contributed by atoms with E-state index in [0.29, 0.717) is 6.04 Å². The van der Waals surface area contributed by atoms with Gasteiger partial charge in [-0.05, 0) is 57.4 Å². The summed E-state index contributed by atoms with van der Waals surface area (Å²) in [7, 11) is 0. The second kappa shape index (κ2) is 6.01. The van der Waals surface area contributed by atoms with E-state index in [9.17, 15) is 0 Å². The Kier molecular flexibility index (Phi) is 4.37. The van der Waals surface area contributed by atoms with Crippen LogP contribution < -0.4 is 5.73 Å². The molecule has 0 spiro atoms. The van der Waals surface area contributed by atoms with Crippen molar-refractivity contribution in [2.24, 2.45) is 5.73 Å². The SMILES string of the molecule is CC(C)n1cnc2cc(CCCCCN)ccc21. The van der Waals surface area contributed by atoms with E-state index in [1.54, 1.807) is 0 Å². The molecule has 2 N–H and O–H groups in total. The number of aryl methyl sites for hydroxylation is 1. The molecule has 18 heavy (non-hydrogen) atoms. The number of nitrogens with two attached hydrogens (primary N) is 1. The average Bonchev–Trinajstić information content (AvgIpc) is 2.77. The lowest BCUT2D eigenvalue weighted by atomic mass is 10.1. The Bertz CT molecular complexity index is 499. The van der Waals surface area contributed by atoms with Crippen molar-refractivity contribution in [1.29, 1.82) is 0 Å². The maximum absolute atomic E-state index is 5.50. The molecule has 0 unspecified atom stereocenters. The van der Waals surface area contributed by atoms with Crippen LogP contribution in [0.1, 0.15) is 44.7 Å². The van der Waals surface area contributed by atoms with Crippen LogP contribution in [-0.4, -0.2) is 16.1 Å². The van der Waals surface area contributed by atoms with Crippen LogP contribution in [0.2, 0.25) is 0 Å². The van der Waals surface area contributed by atoms with E-state index < -0.39 is 0 Å². The maximum atomic E-state index is 5.50. The molecule has 3 heteroatoms. The van der Waals surface area contributed by atoms with Crippen LogP contribution in [-0.2, 0) is 6.42 Å². The fourth-order valence-corrected chi connectivity index (χ4v) is 2.29. The third-order valence-corrected chi connectivity index (χ3v) is 3.37. The smallest absolute Gasteiger partial charge is 0.0960 e. The summed E-state index contributed by atoms with van der Waals surface area (Å²) in [5.74, 6) is 0. The summed E-state index contributed by atoms with van der Waals surface area (Å²) >= 11 is 0. The molecule has 1 heterocycles. The highest BCUT2D eigenvalue weighted by Crippen LogP contribution is 2.19. The second-order valence-electron chi connectivity index (χ2n) is 5.17. The Balaban J connectivity index is 2.09. The zero-order chi connectivity index (χ0) is 13.0. The van der Waals surface area contributed by atoms with Crippen LogP contribution in [0, 0.1) is 0 Å². The van der Waals surface area contributed by atoms with E-state index in [1.165, 1.54) is 23.9 Å². The standard InChI is InChI=1S/C15H23N3/c1-12(2)18-11-17-14-10-13(7-8-15(14)18)6-4-3-5-9-16/h7-8,10-12H,3-6,9,16H2,1-2H3. The highest BCUT2D eigenvalue weighted by atomic mass is 15.1. The molecule has 0 saturated heterocycles. The monoisotopic (exact) mass is 245 g/mol. The van der Waals surface area contributed by atoms with E-state index in [0.717, 1.165) is 24.9 Å². The minimum absolute atomic E-state index is 0.463. The molecule has 0 fully saturated rings. The Morgan fingerprint density at radius 3 is 2.78 bits per heavy atom. The van der Waals surface area contributed by atoms with Crippen molar-refractivity contribution in [1.82, 2.24) is 9.55 Å². The molecule has 0 saturated carbocycles. The van der Waals surface area contributed by atoms with Crippen LogP contribution >= 0.6 is 0 Å². The molecule has 0 radical (unpaired) electrons. The molecular weight excluding hydrogens is 222 g/mol. The van der Waals surface area contributed by atoms with Gasteiger partial charge in [0, 0.05) is 6.04 Å². The van der Waals surface area contributed by atoms with Crippen molar-refractivity contribution < 1.29 is 0 Å². The molecule has 0 amide bonds. The summed E-state index contributed by atoms with van der Waals surface area (Å²) in [6.07, 6.45) is 6.63. The zero-order valence-electron chi connectivity index (χ0n) is 11.4. The van der Waals surface area contributed by atoms with Crippen molar-refractivity contribution in [2.45, 2.75) is 45.6 Å². The lowest BCUT2D eigenvalue weighted by Crippen LogP contribution is -1.99. The molecule has 1 aromatic carbocycles. The van der Waals surface area contributed by atoms with Gasteiger partial charge < -0.3 is 10.3 Å². The van der Waals surface area contributed by atoms with Crippen molar-refractivity contribution in [3.05, 3.63) is 30.1 Å². The Hall–Kier alpha value is -1.35. The number of benzene rings is 1. The van der Waals surface area contributed by atoms with Gasteiger partial charge in [-0.3, -0.25) is 0 Å². The molecule has 2 aromatic rings. The first-order chi connectivity index (χ1) is 8.72. The van der Waals surface area contributed by atoms with Crippen LogP contribution in [0.4, 0.5) is 0 Å². The van der Waals surface area contributed by atoms with Gasteiger partial charge in [-0.15, -0.1) is 0 Å². The third kappa shape index (κ3) is 2.91. The average molecular weight is 245 g/mol. The topological polar surface area (TPSA) is 43.8 Å². The van der Waals surface area contributed by atoms with E-state index in [4.69, 9.17) is 5.73 Å². The molecular formula is C15H23N3. The van der Waals surface area contributed by atoms with E-state index in [1.807, 2.05) is 6.33 Å². The second-order valence-corrected chi connectivity index (χ2v) is 5.17. The highest BCUT2D eigenvalue weighted by molar-refractivity contribution is 5.76. The fourth-order valence-electron chi connectivity index (χ4n) is 2.29. The van der Waals surface area contributed by atoms with Crippen molar-refractivity contribution in [2.75, 3.05) is 6.54 Å². The number of hydrogen-bond acceptors (Lipinski definition) is 2. The van der Waals surface area contributed by atoms with Gasteiger partial charge in [0.05, 0.1) is 17.4 Å². The predicted octanol–water partition coefficient (Wildman–Crippen LogP) is 3.29. The first-order valence-electron chi connectivity index (χ1n) is 6.88. The highest BCUT2D eigenvalue weighted by Gasteiger charge is 2.05. The summed E-state index contributed by atoms with van der Waals surface area (Å²) in [6, 6.07) is 7.10. The predicted molar refractivity (Wildman–Crippen MR) is 76.7 cm³/mol. The van der Waals surface area contributed by atoms with Crippen molar-refractivity contribution in [3.8, 4) is 0 Å². The summed E-state index contributed by atoms with van der Waals surface area (Å²) < 4.78 is 2.22. The van der Waals surface area contributed by atoms with Crippen LogP contribution in [0.5, 0.6) is 0 Å². The molecule has 1 aromatic heterocycles. The first kappa shape index (κ1) is 13.1. The van der Waals surface area contributed by atoms with Gasteiger partial charge in [0.25, 0.3) is 0 Å². The third-order valence-electron chi connectivity index (χ3n) is 3.37. The van der Waals surface area contributed by atoms with Crippen LogP contribution in [0.15, 0.2) is 24.5 Å².